The van der Waals surface area contributed by atoms with Gasteiger partial charge in [0.05, 0.1) is 0 Å². The zero-order valence-electron chi connectivity index (χ0n) is 10.4. The van der Waals surface area contributed by atoms with Crippen molar-refractivity contribution >= 4 is 16.8 Å². The molecular weight excluding hydrogens is 212 g/mol. The van der Waals surface area contributed by atoms with Crippen LogP contribution in [0, 0.1) is 5.92 Å². The fraction of sp³-hybridized carbons (Fsp3) is 0.400. The fourth-order valence-corrected chi connectivity index (χ4v) is 1.91. The first kappa shape index (κ1) is 11.9. The Morgan fingerprint density at radius 2 is 2.06 bits per heavy atom. The van der Waals surface area contributed by atoms with Crippen molar-refractivity contribution in [1.82, 2.24) is 0 Å². The minimum absolute atomic E-state index is 0.113. The average Bonchev–Trinajstić information content (AvgIpc) is 2.71. The lowest BCUT2D eigenvalue weighted by molar-refractivity contribution is 0.0953. The summed E-state index contributed by atoms with van der Waals surface area (Å²) in [5.41, 5.74) is 0.791. The fourth-order valence-electron chi connectivity index (χ4n) is 1.91. The van der Waals surface area contributed by atoms with E-state index < -0.39 is 0 Å². The Kier molecular flexibility index (Phi) is 3.62. The smallest absolute Gasteiger partial charge is 0.198 e. The van der Waals surface area contributed by atoms with Crippen molar-refractivity contribution in [1.29, 1.82) is 0 Å². The maximum absolute atomic E-state index is 11.9. The van der Waals surface area contributed by atoms with E-state index in [1.165, 1.54) is 0 Å². The summed E-state index contributed by atoms with van der Waals surface area (Å²) in [6.45, 7) is 4.34. The summed E-state index contributed by atoms with van der Waals surface area (Å²) in [6, 6.07) is 9.56. The molecule has 0 saturated heterocycles. The molecule has 0 bridgehead atoms. The Bertz CT molecular complexity index is 475. The molecule has 90 valence electrons. The van der Waals surface area contributed by atoms with Gasteiger partial charge >= 0.3 is 0 Å². The van der Waals surface area contributed by atoms with Crippen molar-refractivity contribution in [3.8, 4) is 0 Å². The van der Waals surface area contributed by atoms with Crippen LogP contribution in [0.25, 0.3) is 11.0 Å². The lowest BCUT2D eigenvalue weighted by atomic mass is 10.0. The maximum Gasteiger partial charge on any atom is 0.198 e. The highest BCUT2D eigenvalue weighted by molar-refractivity contribution is 5.97. The molecule has 0 unspecified atom stereocenters. The van der Waals surface area contributed by atoms with Gasteiger partial charge in [-0.1, -0.05) is 38.5 Å². The third-order valence-corrected chi connectivity index (χ3v) is 2.89. The largest absolute Gasteiger partial charge is 0.453 e. The number of hydrogen-bond donors (Lipinski definition) is 0. The molecule has 0 atom stereocenters. The van der Waals surface area contributed by atoms with Crippen LogP contribution >= 0.6 is 0 Å². The van der Waals surface area contributed by atoms with E-state index >= 15 is 0 Å². The Morgan fingerprint density at radius 1 is 1.29 bits per heavy atom. The van der Waals surface area contributed by atoms with Crippen LogP contribution in [0.1, 0.15) is 43.7 Å². The summed E-state index contributed by atoms with van der Waals surface area (Å²) in [5, 5.41) is 1.000. The van der Waals surface area contributed by atoms with Gasteiger partial charge < -0.3 is 4.42 Å². The number of furan rings is 1. The predicted octanol–water partition coefficient (Wildman–Crippen LogP) is 4.44. The second kappa shape index (κ2) is 5.17. The van der Waals surface area contributed by atoms with E-state index in [1.54, 1.807) is 0 Å². The van der Waals surface area contributed by atoms with Gasteiger partial charge in [-0.3, -0.25) is 4.79 Å². The summed E-state index contributed by atoms with van der Waals surface area (Å²) in [4.78, 5) is 11.9. The summed E-state index contributed by atoms with van der Waals surface area (Å²) < 4.78 is 5.54. The average molecular weight is 230 g/mol. The van der Waals surface area contributed by atoms with Gasteiger partial charge in [0.1, 0.15) is 5.58 Å². The second-order valence-electron chi connectivity index (χ2n) is 4.86. The van der Waals surface area contributed by atoms with Crippen LogP contribution in [-0.4, -0.2) is 5.78 Å². The van der Waals surface area contributed by atoms with Crippen molar-refractivity contribution in [3.63, 3.8) is 0 Å². The molecule has 1 aromatic carbocycles. The van der Waals surface area contributed by atoms with Crippen LogP contribution in [0.5, 0.6) is 0 Å². The van der Waals surface area contributed by atoms with E-state index in [-0.39, 0.29) is 5.78 Å². The minimum Gasteiger partial charge on any atom is -0.453 e. The molecule has 17 heavy (non-hydrogen) atoms. The molecule has 2 aromatic rings. The second-order valence-corrected chi connectivity index (χ2v) is 4.86. The Labute approximate surface area is 102 Å². The lowest BCUT2D eigenvalue weighted by Crippen LogP contribution is -1.98. The van der Waals surface area contributed by atoms with Crippen molar-refractivity contribution in [2.24, 2.45) is 5.92 Å². The van der Waals surface area contributed by atoms with E-state index in [0.29, 0.717) is 18.1 Å². The zero-order valence-corrected chi connectivity index (χ0v) is 10.4. The third kappa shape index (κ3) is 2.96. The highest BCUT2D eigenvalue weighted by Crippen LogP contribution is 2.20. The van der Waals surface area contributed by atoms with E-state index in [4.69, 9.17) is 4.42 Å². The number of carbonyl (C=O) groups is 1. The molecule has 0 spiro atoms. The summed E-state index contributed by atoms with van der Waals surface area (Å²) >= 11 is 0. The summed E-state index contributed by atoms with van der Waals surface area (Å²) in [6.07, 6.45) is 2.61. The monoisotopic (exact) mass is 230 g/mol. The number of fused-ring (bicyclic) bond motifs is 1. The first-order valence-electron chi connectivity index (χ1n) is 6.18. The number of carbonyl (C=O) groups excluding carboxylic acids is 1. The quantitative estimate of drug-likeness (QED) is 0.711. The number of benzene rings is 1. The molecule has 0 N–H and O–H groups in total. The Balaban J connectivity index is 2.04. The van der Waals surface area contributed by atoms with Gasteiger partial charge in [0, 0.05) is 11.8 Å². The minimum atomic E-state index is 0.113. The zero-order chi connectivity index (χ0) is 12.3. The first-order chi connectivity index (χ1) is 8.16. The SMILES string of the molecule is CC(C)CCCC(=O)c1cc2ccccc2o1. The van der Waals surface area contributed by atoms with E-state index in [1.807, 2.05) is 30.3 Å². The van der Waals surface area contributed by atoms with E-state index in [0.717, 1.165) is 23.8 Å². The molecule has 2 heteroatoms. The lowest BCUT2D eigenvalue weighted by Gasteiger charge is -2.01. The van der Waals surface area contributed by atoms with Crippen LogP contribution < -0.4 is 0 Å². The van der Waals surface area contributed by atoms with Gasteiger partial charge in [0.2, 0.25) is 0 Å². The summed E-state index contributed by atoms with van der Waals surface area (Å²) in [5.74, 6) is 1.26. The molecule has 0 radical (unpaired) electrons. The molecule has 0 aliphatic rings. The molecule has 0 fully saturated rings. The van der Waals surface area contributed by atoms with Crippen molar-refractivity contribution < 1.29 is 9.21 Å². The standard InChI is InChI=1S/C15H18O2/c1-11(2)6-5-8-13(16)15-10-12-7-3-4-9-14(12)17-15/h3-4,7,9-11H,5-6,8H2,1-2H3. The summed E-state index contributed by atoms with van der Waals surface area (Å²) in [7, 11) is 0. The molecule has 2 rings (SSSR count). The number of para-hydroxylation sites is 1. The van der Waals surface area contributed by atoms with E-state index in [9.17, 15) is 4.79 Å². The van der Waals surface area contributed by atoms with Gasteiger partial charge in [0.25, 0.3) is 0 Å². The number of hydrogen-bond acceptors (Lipinski definition) is 2. The maximum atomic E-state index is 11.9. The number of rotatable bonds is 5. The number of ketones is 1. The van der Waals surface area contributed by atoms with Crippen LogP contribution in [-0.2, 0) is 0 Å². The van der Waals surface area contributed by atoms with Crippen LogP contribution in [0.15, 0.2) is 34.7 Å². The van der Waals surface area contributed by atoms with Gasteiger partial charge in [0.15, 0.2) is 11.5 Å². The van der Waals surface area contributed by atoms with Crippen molar-refractivity contribution in [2.45, 2.75) is 33.1 Å². The van der Waals surface area contributed by atoms with Crippen molar-refractivity contribution in [2.75, 3.05) is 0 Å². The van der Waals surface area contributed by atoms with Crippen LogP contribution in [0.3, 0.4) is 0 Å². The van der Waals surface area contributed by atoms with Gasteiger partial charge in [-0.2, -0.15) is 0 Å². The van der Waals surface area contributed by atoms with E-state index in [2.05, 4.69) is 13.8 Å². The van der Waals surface area contributed by atoms with Gasteiger partial charge in [-0.25, -0.2) is 0 Å². The van der Waals surface area contributed by atoms with Gasteiger partial charge in [-0.15, -0.1) is 0 Å². The van der Waals surface area contributed by atoms with Crippen LogP contribution in [0.2, 0.25) is 0 Å². The molecule has 2 nitrogen and oxygen atoms in total. The van der Waals surface area contributed by atoms with Crippen LogP contribution in [0.4, 0.5) is 0 Å². The van der Waals surface area contributed by atoms with Gasteiger partial charge in [-0.05, 0) is 24.5 Å². The topological polar surface area (TPSA) is 30.2 Å². The molecule has 0 amide bonds. The molecule has 1 heterocycles. The molecular formula is C15H18O2. The number of Topliss-reactive ketones (excluding diaryl/α,β-unsaturated/α-hetero) is 1. The predicted molar refractivity (Wildman–Crippen MR) is 69.2 cm³/mol. The highest BCUT2D eigenvalue weighted by atomic mass is 16.3. The first-order valence-corrected chi connectivity index (χ1v) is 6.18. The van der Waals surface area contributed by atoms with Crippen molar-refractivity contribution in [3.05, 3.63) is 36.1 Å². The Hall–Kier alpha value is -1.57. The third-order valence-electron chi connectivity index (χ3n) is 2.89. The Morgan fingerprint density at radius 3 is 2.76 bits per heavy atom. The molecule has 0 saturated carbocycles. The molecule has 1 aromatic heterocycles. The molecule has 0 aliphatic heterocycles. The highest BCUT2D eigenvalue weighted by Gasteiger charge is 2.11. The normalized spacial score (nSPS) is 11.2. The molecule has 0 aliphatic carbocycles.